The molecule has 86 valence electrons. The summed E-state index contributed by atoms with van der Waals surface area (Å²) in [7, 11) is 0. The second-order valence-corrected chi connectivity index (χ2v) is 4.27. The van der Waals surface area contributed by atoms with Crippen molar-refractivity contribution in [2.24, 2.45) is 5.73 Å². The van der Waals surface area contributed by atoms with Crippen molar-refractivity contribution >= 4 is 23.2 Å². The molecule has 0 saturated heterocycles. The number of nitrogens with one attached hydrogen (secondary N) is 1. The molecule has 2 nitrogen and oxygen atoms in total. The average Bonchev–Trinajstić information content (AvgIpc) is 2.23. The summed E-state index contributed by atoms with van der Waals surface area (Å²) in [5, 5.41) is 4.48. The Hall–Kier alpha value is -0.720. The predicted octanol–water partition coefficient (Wildman–Crippen LogP) is 2.61. The second kappa shape index (κ2) is 6.78. The van der Waals surface area contributed by atoms with Crippen LogP contribution in [0.25, 0.3) is 0 Å². The van der Waals surface area contributed by atoms with E-state index in [0.717, 1.165) is 12.1 Å². The zero-order valence-electron chi connectivity index (χ0n) is 8.84. The van der Waals surface area contributed by atoms with Crippen LogP contribution in [0.5, 0.6) is 0 Å². The highest BCUT2D eigenvalue weighted by Crippen LogP contribution is 2.23. The van der Waals surface area contributed by atoms with E-state index in [-0.39, 0.29) is 6.04 Å². The van der Waals surface area contributed by atoms with E-state index in [1.165, 1.54) is 0 Å². The monoisotopic (exact) mass is 256 g/mol. The number of hydrogen-bond acceptors (Lipinski definition) is 2. The lowest BCUT2D eigenvalue weighted by atomic mass is 10.1. The lowest BCUT2D eigenvalue weighted by molar-refractivity contribution is 0.551. The molecule has 3 N–H and O–H groups in total. The van der Waals surface area contributed by atoms with E-state index in [0.29, 0.717) is 23.0 Å². The van der Waals surface area contributed by atoms with Gasteiger partial charge in [0.2, 0.25) is 0 Å². The average molecular weight is 257 g/mol. The summed E-state index contributed by atoms with van der Waals surface area (Å²) in [5.41, 5.74) is 6.67. The summed E-state index contributed by atoms with van der Waals surface area (Å²) in [5.74, 6) is 2.57. The van der Waals surface area contributed by atoms with Gasteiger partial charge >= 0.3 is 0 Å². The maximum atomic E-state index is 5.93. The fourth-order valence-electron chi connectivity index (χ4n) is 1.43. The molecule has 16 heavy (non-hydrogen) atoms. The summed E-state index contributed by atoms with van der Waals surface area (Å²) in [4.78, 5) is 0. The molecule has 0 fully saturated rings. The van der Waals surface area contributed by atoms with E-state index in [2.05, 4.69) is 11.2 Å². The maximum Gasteiger partial charge on any atom is 0.0445 e. The molecule has 0 heterocycles. The summed E-state index contributed by atoms with van der Waals surface area (Å²) < 4.78 is 0. The largest absolute Gasteiger partial charge is 0.329 e. The lowest BCUT2D eigenvalue weighted by Gasteiger charge is -2.17. The first-order valence-corrected chi connectivity index (χ1v) is 5.76. The van der Waals surface area contributed by atoms with Crippen LogP contribution in [0.1, 0.15) is 18.0 Å². The van der Waals surface area contributed by atoms with Crippen LogP contribution in [0.2, 0.25) is 10.0 Å². The Morgan fingerprint density at radius 2 is 1.94 bits per heavy atom. The number of benzene rings is 1. The molecular formula is C12H14Cl2N2. The highest BCUT2D eigenvalue weighted by molar-refractivity contribution is 6.34. The van der Waals surface area contributed by atoms with Crippen LogP contribution in [0.15, 0.2) is 18.2 Å². The van der Waals surface area contributed by atoms with Crippen LogP contribution >= 0.6 is 23.2 Å². The van der Waals surface area contributed by atoms with Crippen LogP contribution in [0.4, 0.5) is 0 Å². The van der Waals surface area contributed by atoms with E-state index in [4.69, 9.17) is 35.4 Å². The Balaban J connectivity index is 2.74. The summed E-state index contributed by atoms with van der Waals surface area (Å²) >= 11 is 11.9. The van der Waals surface area contributed by atoms with Crippen LogP contribution in [-0.2, 0) is 0 Å². The van der Waals surface area contributed by atoms with Gasteiger partial charge < -0.3 is 11.1 Å². The zero-order valence-corrected chi connectivity index (χ0v) is 10.4. The molecule has 1 atom stereocenters. The molecule has 0 aliphatic carbocycles. The molecule has 0 bridgehead atoms. The fourth-order valence-corrected chi connectivity index (χ4v) is 1.98. The predicted molar refractivity (Wildman–Crippen MR) is 69.7 cm³/mol. The van der Waals surface area contributed by atoms with Gasteiger partial charge in [-0.05, 0) is 23.8 Å². The van der Waals surface area contributed by atoms with E-state index >= 15 is 0 Å². The molecule has 0 aliphatic heterocycles. The van der Waals surface area contributed by atoms with Crippen molar-refractivity contribution in [3.63, 3.8) is 0 Å². The van der Waals surface area contributed by atoms with Gasteiger partial charge in [-0.2, -0.15) is 0 Å². The third-order valence-corrected chi connectivity index (χ3v) is 2.62. The number of hydrogen-bond donors (Lipinski definition) is 2. The first kappa shape index (κ1) is 13.3. The molecule has 0 aliphatic rings. The van der Waals surface area contributed by atoms with Crippen molar-refractivity contribution in [1.82, 2.24) is 5.32 Å². The van der Waals surface area contributed by atoms with Gasteiger partial charge in [0, 0.05) is 35.6 Å². The van der Waals surface area contributed by atoms with Crippen LogP contribution < -0.4 is 11.1 Å². The van der Waals surface area contributed by atoms with Crippen molar-refractivity contribution in [3.05, 3.63) is 33.8 Å². The number of terminal acetylenes is 1. The number of halogens is 2. The number of nitrogens with two attached hydrogens (primary N) is 1. The molecule has 1 aromatic rings. The molecule has 1 rings (SSSR count). The van der Waals surface area contributed by atoms with Crippen molar-refractivity contribution in [1.29, 1.82) is 0 Å². The van der Waals surface area contributed by atoms with Crippen molar-refractivity contribution in [2.75, 3.05) is 13.1 Å². The molecule has 1 unspecified atom stereocenters. The van der Waals surface area contributed by atoms with Gasteiger partial charge in [-0.3, -0.25) is 0 Å². The van der Waals surface area contributed by atoms with Crippen molar-refractivity contribution in [2.45, 2.75) is 12.5 Å². The summed E-state index contributed by atoms with van der Waals surface area (Å²) in [6.07, 6.45) is 5.85. The first-order chi connectivity index (χ1) is 7.67. The highest BCUT2D eigenvalue weighted by Gasteiger charge is 2.09. The first-order valence-electron chi connectivity index (χ1n) is 5.00. The molecule has 0 radical (unpaired) electrons. The fraction of sp³-hybridized carbons (Fsp3) is 0.333. The SMILES string of the molecule is C#CCCNC(CN)c1cc(Cl)cc(Cl)c1. The van der Waals surface area contributed by atoms with Crippen LogP contribution in [-0.4, -0.2) is 13.1 Å². The van der Waals surface area contributed by atoms with Crippen molar-refractivity contribution in [3.8, 4) is 12.3 Å². The van der Waals surface area contributed by atoms with Gasteiger partial charge in [0.15, 0.2) is 0 Å². The standard InChI is InChI=1S/C12H14Cl2N2/c1-2-3-4-16-12(8-15)9-5-10(13)7-11(14)6-9/h1,5-7,12,16H,3-4,8,15H2. The van der Waals surface area contributed by atoms with E-state index in [1.54, 1.807) is 6.07 Å². The minimum Gasteiger partial charge on any atom is -0.329 e. The maximum absolute atomic E-state index is 5.93. The van der Waals surface area contributed by atoms with E-state index in [9.17, 15) is 0 Å². The Morgan fingerprint density at radius 3 is 2.44 bits per heavy atom. The quantitative estimate of drug-likeness (QED) is 0.628. The Labute approximate surface area is 106 Å². The third kappa shape index (κ3) is 4.03. The molecule has 0 amide bonds. The lowest BCUT2D eigenvalue weighted by Crippen LogP contribution is -2.28. The number of rotatable bonds is 5. The third-order valence-electron chi connectivity index (χ3n) is 2.18. The van der Waals surface area contributed by atoms with Crippen molar-refractivity contribution < 1.29 is 0 Å². The minimum atomic E-state index is 0.0320. The molecule has 4 heteroatoms. The highest BCUT2D eigenvalue weighted by atomic mass is 35.5. The molecule has 0 saturated carbocycles. The minimum absolute atomic E-state index is 0.0320. The van der Waals surface area contributed by atoms with E-state index < -0.39 is 0 Å². The topological polar surface area (TPSA) is 38.0 Å². The summed E-state index contributed by atoms with van der Waals surface area (Å²) in [6.45, 7) is 1.20. The van der Waals surface area contributed by atoms with Gasteiger partial charge in [-0.15, -0.1) is 12.3 Å². The van der Waals surface area contributed by atoms with Gasteiger partial charge in [0.1, 0.15) is 0 Å². The smallest absolute Gasteiger partial charge is 0.0445 e. The van der Waals surface area contributed by atoms with Gasteiger partial charge in [-0.25, -0.2) is 0 Å². The zero-order chi connectivity index (χ0) is 12.0. The Bertz CT molecular complexity index is 365. The second-order valence-electron chi connectivity index (χ2n) is 3.40. The molecule has 0 aromatic heterocycles. The van der Waals surface area contributed by atoms with Crippen LogP contribution in [0, 0.1) is 12.3 Å². The van der Waals surface area contributed by atoms with Gasteiger partial charge in [-0.1, -0.05) is 23.2 Å². The summed E-state index contributed by atoms with van der Waals surface area (Å²) in [6, 6.07) is 5.44. The molecule has 1 aromatic carbocycles. The Morgan fingerprint density at radius 1 is 1.31 bits per heavy atom. The van der Waals surface area contributed by atoms with Gasteiger partial charge in [0.25, 0.3) is 0 Å². The Kier molecular flexibility index (Phi) is 5.65. The van der Waals surface area contributed by atoms with Gasteiger partial charge in [0.05, 0.1) is 0 Å². The molecule has 0 spiro atoms. The van der Waals surface area contributed by atoms with E-state index in [1.807, 2.05) is 12.1 Å². The van der Waals surface area contributed by atoms with Crippen LogP contribution in [0.3, 0.4) is 0 Å². The molecular weight excluding hydrogens is 243 g/mol. The normalized spacial score (nSPS) is 12.1.